The summed E-state index contributed by atoms with van der Waals surface area (Å²) in [5.41, 5.74) is 0.872. The lowest BCUT2D eigenvalue weighted by atomic mass is 9.72. The second-order valence-corrected chi connectivity index (χ2v) is 8.31. The fraction of sp³-hybridized carbons (Fsp3) is 0.571. The van der Waals surface area contributed by atoms with Crippen LogP contribution in [0.15, 0.2) is 34.9 Å². The van der Waals surface area contributed by atoms with Crippen LogP contribution in [0, 0.1) is 11.3 Å². The Morgan fingerprint density at radius 2 is 2.04 bits per heavy atom. The number of carbonyl (C=O) groups is 1. The van der Waals surface area contributed by atoms with E-state index in [4.69, 9.17) is 14.2 Å². The van der Waals surface area contributed by atoms with Crippen molar-refractivity contribution >= 4 is 6.03 Å². The number of hydrogen-bond donors (Lipinski definition) is 1. The summed E-state index contributed by atoms with van der Waals surface area (Å²) in [6.07, 6.45) is 1.79. The molecule has 0 radical (unpaired) electrons. The van der Waals surface area contributed by atoms with Gasteiger partial charge in [0.2, 0.25) is 11.7 Å². The van der Waals surface area contributed by atoms with Gasteiger partial charge in [-0.3, -0.25) is 0 Å². The van der Waals surface area contributed by atoms with Crippen LogP contribution in [-0.4, -0.2) is 53.9 Å². The van der Waals surface area contributed by atoms with Gasteiger partial charge in [-0.2, -0.15) is 4.98 Å². The highest BCUT2D eigenvalue weighted by Gasteiger charge is 2.51. The maximum atomic E-state index is 12.7. The highest BCUT2D eigenvalue weighted by molar-refractivity contribution is 5.74. The van der Waals surface area contributed by atoms with Crippen LogP contribution in [0.25, 0.3) is 11.4 Å². The number of benzene rings is 1. The third-order valence-electron chi connectivity index (χ3n) is 5.86. The standard InChI is InChI=1S/C21H28N4O3/c1-15(2)12-22-20(26)25-13-17(21(14-25)8-10-27-11-9-21)19-23-18(24-28-19)16-6-4-3-5-7-16/h3-7,15,17H,8-14H2,1-2H3,(H,22,26). The molecule has 1 unspecified atom stereocenters. The Morgan fingerprint density at radius 3 is 2.75 bits per heavy atom. The van der Waals surface area contributed by atoms with E-state index in [0.29, 0.717) is 50.5 Å². The number of hydrogen-bond acceptors (Lipinski definition) is 5. The Morgan fingerprint density at radius 1 is 1.29 bits per heavy atom. The Balaban J connectivity index is 1.57. The number of nitrogens with one attached hydrogen (secondary N) is 1. The predicted octanol–water partition coefficient (Wildman–Crippen LogP) is 3.30. The fourth-order valence-electron chi connectivity index (χ4n) is 4.23. The number of carbonyl (C=O) groups excluding carboxylic acids is 1. The minimum Gasteiger partial charge on any atom is -0.381 e. The molecule has 2 aromatic rings. The predicted molar refractivity (Wildman–Crippen MR) is 105 cm³/mol. The van der Waals surface area contributed by atoms with Crippen LogP contribution in [0.2, 0.25) is 0 Å². The summed E-state index contributed by atoms with van der Waals surface area (Å²) in [5, 5.41) is 7.24. The minimum atomic E-state index is -0.0616. The van der Waals surface area contributed by atoms with Gasteiger partial charge >= 0.3 is 6.03 Å². The van der Waals surface area contributed by atoms with Crippen molar-refractivity contribution in [2.24, 2.45) is 11.3 Å². The maximum absolute atomic E-state index is 12.7. The topological polar surface area (TPSA) is 80.5 Å². The third kappa shape index (κ3) is 3.76. The first kappa shape index (κ1) is 18.9. The average Bonchev–Trinajstić information content (AvgIpc) is 3.33. The molecule has 7 nitrogen and oxygen atoms in total. The van der Waals surface area contributed by atoms with Crippen molar-refractivity contribution in [3.63, 3.8) is 0 Å². The second kappa shape index (κ2) is 7.91. The Kier molecular flexibility index (Phi) is 5.35. The van der Waals surface area contributed by atoms with E-state index in [1.165, 1.54) is 0 Å². The zero-order chi connectivity index (χ0) is 19.6. The number of likely N-dealkylation sites (tertiary alicyclic amines) is 1. The van der Waals surface area contributed by atoms with Crippen LogP contribution in [0.4, 0.5) is 4.79 Å². The minimum absolute atomic E-state index is 0.00938. The van der Waals surface area contributed by atoms with Gasteiger partial charge in [0.15, 0.2) is 0 Å². The zero-order valence-electron chi connectivity index (χ0n) is 16.6. The molecule has 1 aromatic heterocycles. The highest BCUT2D eigenvalue weighted by Crippen LogP contribution is 2.49. The van der Waals surface area contributed by atoms with Crippen molar-refractivity contribution in [1.82, 2.24) is 20.4 Å². The van der Waals surface area contributed by atoms with Gasteiger partial charge in [0.05, 0.1) is 5.92 Å². The zero-order valence-corrected chi connectivity index (χ0v) is 16.6. The van der Waals surface area contributed by atoms with Crippen LogP contribution in [0.3, 0.4) is 0 Å². The molecule has 3 heterocycles. The molecule has 2 aliphatic heterocycles. The molecule has 2 saturated heterocycles. The van der Waals surface area contributed by atoms with Gasteiger partial charge in [0.1, 0.15) is 0 Å². The normalized spacial score (nSPS) is 21.4. The molecule has 0 aliphatic carbocycles. The molecule has 28 heavy (non-hydrogen) atoms. The van der Waals surface area contributed by atoms with Gasteiger partial charge in [-0.05, 0) is 18.8 Å². The molecule has 150 valence electrons. The van der Waals surface area contributed by atoms with Gasteiger partial charge < -0.3 is 19.5 Å². The highest BCUT2D eigenvalue weighted by atomic mass is 16.5. The van der Waals surface area contributed by atoms with Gasteiger partial charge in [-0.25, -0.2) is 4.79 Å². The Labute approximate surface area is 165 Å². The summed E-state index contributed by atoms with van der Waals surface area (Å²) in [5.74, 6) is 1.68. The number of rotatable bonds is 4. The van der Waals surface area contributed by atoms with E-state index in [1.54, 1.807) is 0 Å². The molecule has 7 heteroatoms. The average molecular weight is 384 g/mol. The van der Waals surface area contributed by atoms with E-state index >= 15 is 0 Å². The summed E-state index contributed by atoms with van der Waals surface area (Å²) < 4.78 is 11.3. The van der Waals surface area contributed by atoms with Crippen molar-refractivity contribution < 1.29 is 14.1 Å². The summed E-state index contributed by atoms with van der Waals surface area (Å²) in [6, 6.07) is 9.82. The SMILES string of the molecule is CC(C)CNC(=O)N1CC(c2nc(-c3ccccc3)no2)C2(CCOCC2)C1. The summed E-state index contributed by atoms with van der Waals surface area (Å²) >= 11 is 0. The van der Waals surface area contributed by atoms with Gasteiger partial charge in [0.25, 0.3) is 0 Å². The lowest BCUT2D eigenvalue weighted by Crippen LogP contribution is -2.42. The molecule has 2 amide bonds. The van der Waals surface area contributed by atoms with Crippen molar-refractivity contribution in [2.45, 2.75) is 32.6 Å². The maximum Gasteiger partial charge on any atom is 0.317 e. The number of ether oxygens (including phenoxy) is 1. The summed E-state index contributed by atoms with van der Waals surface area (Å²) in [7, 11) is 0. The van der Waals surface area contributed by atoms with E-state index in [-0.39, 0.29) is 17.4 Å². The van der Waals surface area contributed by atoms with Gasteiger partial charge in [-0.1, -0.05) is 49.3 Å². The number of urea groups is 1. The Hall–Kier alpha value is -2.41. The molecule has 0 saturated carbocycles. The summed E-state index contributed by atoms with van der Waals surface area (Å²) in [6.45, 7) is 7.58. The van der Waals surface area contributed by atoms with Crippen LogP contribution < -0.4 is 5.32 Å². The molecule has 1 spiro atoms. The smallest absolute Gasteiger partial charge is 0.317 e. The van der Waals surface area contributed by atoms with Gasteiger partial charge in [-0.15, -0.1) is 0 Å². The van der Waals surface area contributed by atoms with Crippen LogP contribution in [0.1, 0.15) is 38.5 Å². The third-order valence-corrected chi connectivity index (χ3v) is 5.86. The van der Waals surface area contributed by atoms with E-state index < -0.39 is 0 Å². The Bertz CT molecular complexity index is 799. The van der Waals surface area contributed by atoms with E-state index in [1.807, 2.05) is 35.2 Å². The quantitative estimate of drug-likeness (QED) is 0.875. The van der Waals surface area contributed by atoms with E-state index in [9.17, 15) is 4.79 Å². The fourth-order valence-corrected chi connectivity index (χ4v) is 4.23. The lowest BCUT2D eigenvalue weighted by Gasteiger charge is -2.36. The first-order valence-electron chi connectivity index (χ1n) is 10.1. The van der Waals surface area contributed by atoms with Crippen molar-refractivity contribution in [3.8, 4) is 11.4 Å². The number of aromatic nitrogens is 2. The first-order valence-corrected chi connectivity index (χ1v) is 10.1. The molecule has 2 aliphatic rings. The molecule has 1 atom stereocenters. The van der Waals surface area contributed by atoms with E-state index in [2.05, 4.69) is 24.3 Å². The molecule has 2 fully saturated rings. The molecule has 1 N–H and O–H groups in total. The molecular formula is C21H28N4O3. The summed E-state index contributed by atoms with van der Waals surface area (Å²) in [4.78, 5) is 19.3. The first-order chi connectivity index (χ1) is 13.6. The number of amides is 2. The van der Waals surface area contributed by atoms with Crippen LogP contribution in [0.5, 0.6) is 0 Å². The van der Waals surface area contributed by atoms with Crippen LogP contribution in [-0.2, 0) is 4.74 Å². The largest absolute Gasteiger partial charge is 0.381 e. The molecule has 0 bridgehead atoms. The lowest BCUT2D eigenvalue weighted by molar-refractivity contribution is 0.00942. The second-order valence-electron chi connectivity index (χ2n) is 8.31. The molecule has 1 aromatic carbocycles. The molecular weight excluding hydrogens is 356 g/mol. The van der Waals surface area contributed by atoms with E-state index in [0.717, 1.165) is 18.4 Å². The molecule has 4 rings (SSSR count). The van der Waals surface area contributed by atoms with Crippen molar-refractivity contribution in [3.05, 3.63) is 36.2 Å². The van der Waals surface area contributed by atoms with Crippen molar-refractivity contribution in [2.75, 3.05) is 32.8 Å². The monoisotopic (exact) mass is 384 g/mol. The van der Waals surface area contributed by atoms with Crippen LogP contribution >= 0.6 is 0 Å². The van der Waals surface area contributed by atoms with Crippen molar-refractivity contribution in [1.29, 1.82) is 0 Å². The van der Waals surface area contributed by atoms with Gasteiger partial charge in [0, 0.05) is 43.8 Å². The number of nitrogens with zero attached hydrogens (tertiary/aromatic N) is 3.